The first-order chi connectivity index (χ1) is 8.39. The van der Waals surface area contributed by atoms with E-state index in [-0.39, 0.29) is 10.6 Å². The number of anilines is 1. The summed E-state index contributed by atoms with van der Waals surface area (Å²) in [6.07, 6.45) is 3.07. The van der Waals surface area contributed by atoms with Crippen LogP contribution in [0.1, 0.15) is 12.8 Å². The number of nitro benzene ring substituents is 1. The minimum atomic E-state index is -3.38. The van der Waals surface area contributed by atoms with Crippen molar-refractivity contribution in [2.45, 2.75) is 17.7 Å². The molecule has 7 heteroatoms. The summed E-state index contributed by atoms with van der Waals surface area (Å²) in [5.41, 5.74) is 0.369. The van der Waals surface area contributed by atoms with Gasteiger partial charge in [0.1, 0.15) is 0 Å². The van der Waals surface area contributed by atoms with Gasteiger partial charge in [0.25, 0.3) is 5.69 Å². The Hall–Kier alpha value is -1.63. The molecule has 1 saturated heterocycles. The number of non-ortho nitro benzene ring substituents is 1. The van der Waals surface area contributed by atoms with Crippen molar-refractivity contribution in [3.63, 3.8) is 0 Å². The minimum Gasteiger partial charge on any atom is -0.370 e. The van der Waals surface area contributed by atoms with E-state index in [4.69, 9.17) is 0 Å². The van der Waals surface area contributed by atoms with Crippen LogP contribution in [0.3, 0.4) is 0 Å². The second kappa shape index (κ2) is 4.56. The van der Waals surface area contributed by atoms with Gasteiger partial charge in [0.15, 0.2) is 9.84 Å². The Balaban J connectivity index is 2.56. The fourth-order valence-electron chi connectivity index (χ4n) is 2.14. The first-order valence-corrected chi connectivity index (χ1v) is 7.52. The molecule has 0 spiro atoms. The fraction of sp³-hybridized carbons (Fsp3) is 0.455. The largest absolute Gasteiger partial charge is 0.370 e. The van der Waals surface area contributed by atoms with Gasteiger partial charge in [-0.2, -0.15) is 0 Å². The highest BCUT2D eigenvalue weighted by molar-refractivity contribution is 7.90. The molecule has 1 aromatic carbocycles. The quantitative estimate of drug-likeness (QED) is 0.615. The van der Waals surface area contributed by atoms with Crippen LogP contribution in [0.5, 0.6) is 0 Å². The number of hydrogen-bond acceptors (Lipinski definition) is 5. The lowest BCUT2D eigenvalue weighted by molar-refractivity contribution is -0.384. The Morgan fingerprint density at radius 3 is 2.39 bits per heavy atom. The zero-order valence-corrected chi connectivity index (χ0v) is 10.8. The topological polar surface area (TPSA) is 80.5 Å². The summed E-state index contributed by atoms with van der Waals surface area (Å²) in [4.78, 5) is 12.3. The van der Waals surface area contributed by atoms with Gasteiger partial charge in [0.2, 0.25) is 0 Å². The zero-order chi connectivity index (χ0) is 13.3. The van der Waals surface area contributed by atoms with Crippen molar-refractivity contribution in [3.05, 3.63) is 28.3 Å². The monoisotopic (exact) mass is 270 g/mol. The summed E-state index contributed by atoms with van der Waals surface area (Å²) in [5, 5.41) is 10.8. The summed E-state index contributed by atoms with van der Waals surface area (Å²) in [7, 11) is -3.38. The average molecular weight is 270 g/mol. The van der Waals surface area contributed by atoms with Gasteiger partial charge in [-0.15, -0.1) is 0 Å². The van der Waals surface area contributed by atoms with Crippen LogP contribution in [-0.4, -0.2) is 32.7 Å². The van der Waals surface area contributed by atoms with Gasteiger partial charge >= 0.3 is 0 Å². The molecule has 1 aliphatic rings. The molecule has 0 amide bonds. The van der Waals surface area contributed by atoms with Gasteiger partial charge in [-0.3, -0.25) is 10.1 Å². The number of sulfone groups is 1. The van der Waals surface area contributed by atoms with E-state index in [2.05, 4.69) is 0 Å². The van der Waals surface area contributed by atoms with Crippen molar-refractivity contribution >= 4 is 21.2 Å². The molecule has 0 aliphatic carbocycles. The van der Waals surface area contributed by atoms with E-state index in [0.29, 0.717) is 5.69 Å². The predicted molar refractivity (Wildman–Crippen MR) is 67.7 cm³/mol. The van der Waals surface area contributed by atoms with Gasteiger partial charge in [0, 0.05) is 31.5 Å². The first-order valence-electron chi connectivity index (χ1n) is 5.63. The highest BCUT2D eigenvalue weighted by atomic mass is 32.2. The maximum absolute atomic E-state index is 11.7. The van der Waals surface area contributed by atoms with Crippen molar-refractivity contribution < 1.29 is 13.3 Å². The second-order valence-electron chi connectivity index (χ2n) is 4.38. The smallest absolute Gasteiger partial charge is 0.271 e. The molecule has 1 fully saturated rings. The molecular weight excluding hydrogens is 256 g/mol. The maximum Gasteiger partial charge on any atom is 0.271 e. The van der Waals surface area contributed by atoms with Crippen LogP contribution in [0.4, 0.5) is 11.4 Å². The van der Waals surface area contributed by atoms with Crippen LogP contribution in [-0.2, 0) is 9.84 Å². The lowest BCUT2D eigenvalue weighted by Gasteiger charge is -2.20. The molecule has 98 valence electrons. The van der Waals surface area contributed by atoms with Gasteiger partial charge in [0.05, 0.1) is 15.5 Å². The molecule has 1 heterocycles. The Kier molecular flexibility index (Phi) is 3.25. The van der Waals surface area contributed by atoms with Crippen molar-refractivity contribution in [3.8, 4) is 0 Å². The molecule has 0 unspecified atom stereocenters. The van der Waals surface area contributed by atoms with E-state index >= 15 is 0 Å². The zero-order valence-electron chi connectivity index (χ0n) is 10.00. The Morgan fingerprint density at radius 1 is 1.28 bits per heavy atom. The third-order valence-electron chi connectivity index (χ3n) is 3.00. The maximum atomic E-state index is 11.7. The third kappa shape index (κ3) is 2.45. The van der Waals surface area contributed by atoms with Gasteiger partial charge in [-0.25, -0.2) is 8.42 Å². The van der Waals surface area contributed by atoms with Crippen LogP contribution in [0.25, 0.3) is 0 Å². The molecule has 6 nitrogen and oxygen atoms in total. The number of rotatable bonds is 3. The Labute approximate surface area is 105 Å². The second-order valence-corrected chi connectivity index (χ2v) is 6.36. The Morgan fingerprint density at radius 2 is 1.89 bits per heavy atom. The number of benzene rings is 1. The van der Waals surface area contributed by atoms with Crippen molar-refractivity contribution in [2.75, 3.05) is 24.2 Å². The van der Waals surface area contributed by atoms with E-state index in [1.807, 2.05) is 4.90 Å². The number of hydrogen-bond donors (Lipinski definition) is 0. The molecule has 0 aromatic heterocycles. The average Bonchev–Trinajstić information content (AvgIpc) is 2.80. The predicted octanol–water partition coefficient (Wildman–Crippen LogP) is 1.60. The van der Waals surface area contributed by atoms with Crippen molar-refractivity contribution in [1.82, 2.24) is 0 Å². The van der Waals surface area contributed by atoms with Crippen molar-refractivity contribution in [1.29, 1.82) is 0 Å². The van der Waals surface area contributed by atoms with E-state index in [1.165, 1.54) is 18.2 Å². The van der Waals surface area contributed by atoms with E-state index in [9.17, 15) is 18.5 Å². The van der Waals surface area contributed by atoms with Crippen LogP contribution in [0.15, 0.2) is 23.1 Å². The van der Waals surface area contributed by atoms with Crippen molar-refractivity contribution in [2.24, 2.45) is 0 Å². The summed E-state index contributed by atoms with van der Waals surface area (Å²) in [6, 6.07) is 3.90. The van der Waals surface area contributed by atoms with Gasteiger partial charge in [-0.05, 0) is 18.9 Å². The van der Waals surface area contributed by atoms with Crippen LogP contribution in [0.2, 0.25) is 0 Å². The number of nitrogens with zero attached hydrogens (tertiary/aromatic N) is 2. The molecule has 0 atom stereocenters. The molecule has 2 rings (SSSR count). The highest BCUT2D eigenvalue weighted by Crippen LogP contribution is 2.31. The summed E-state index contributed by atoms with van der Waals surface area (Å²) < 4.78 is 23.4. The first kappa shape index (κ1) is 12.8. The third-order valence-corrected chi connectivity index (χ3v) is 4.14. The molecule has 1 aliphatic heterocycles. The lowest BCUT2D eigenvalue weighted by Crippen LogP contribution is -2.20. The molecule has 0 bridgehead atoms. The lowest BCUT2D eigenvalue weighted by atomic mass is 10.2. The molecule has 0 radical (unpaired) electrons. The SMILES string of the molecule is CS(=O)(=O)c1ccc([N+](=O)[O-])cc1N1CCCC1. The van der Waals surface area contributed by atoms with E-state index in [0.717, 1.165) is 32.2 Å². The molecular formula is C11H14N2O4S. The molecule has 18 heavy (non-hydrogen) atoms. The molecule has 0 saturated carbocycles. The standard InChI is InChI=1S/C11H14N2O4S/c1-18(16,17)11-5-4-9(13(14)15)8-10(11)12-6-2-3-7-12/h4-5,8H,2-3,6-7H2,1H3. The van der Waals surface area contributed by atoms with Gasteiger partial charge < -0.3 is 4.90 Å². The highest BCUT2D eigenvalue weighted by Gasteiger charge is 2.23. The van der Waals surface area contributed by atoms with Gasteiger partial charge in [-0.1, -0.05) is 0 Å². The summed E-state index contributed by atoms with van der Waals surface area (Å²) in [6.45, 7) is 1.48. The number of nitro groups is 1. The van der Waals surface area contributed by atoms with E-state index in [1.54, 1.807) is 0 Å². The summed E-state index contributed by atoms with van der Waals surface area (Å²) >= 11 is 0. The molecule has 1 aromatic rings. The summed E-state index contributed by atoms with van der Waals surface area (Å²) in [5.74, 6) is 0. The normalized spacial score (nSPS) is 15.9. The fourth-order valence-corrected chi connectivity index (χ4v) is 3.02. The van der Waals surface area contributed by atoms with Crippen LogP contribution < -0.4 is 4.90 Å². The molecule has 0 N–H and O–H groups in total. The Bertz CT molecular complexity index is 577. The van der Waals surface area contributed by atoms with Crippen LogP contribution >= 0.6 is 0 Å². The minimum absolute atomic E-state index is 0.0794. The van der Waals surface area contributed by atoms with E-state index < -0.39 is 14.8 Å². The van der Waals surface area contributed by atoms with Crippen LogP contribution in [0, 0.1) is 10.1 Å².